The topological polar surface area (TPSA) is 141 Å². The third-order valence-electron chi connectivity index (χ3n) is 5.61. The van der Waals surface area contributed by atoms with Gasteiger partial charge in [0.25, 0.3) is 5.91 Å². The van der Waals surface area contributed by atoms with E-state index in [0.717, 1.165) is 37.8 Å². The summed E-state index contributed by atoms with van der Waals surface area (Å²) in [6.45, 7) is 0. The van der Waals surface area contributed by atoms with Crippen LogP contribution in [0.15, 0.2) is 41.4 Å². The summed E-state index contributed by atoms with van der Waals surface area (Å²) in [7, 11) is 0. The Labute approximate surface area is 186 Å². The second kappa shape index (κ2) is 8.54. The monoisotopic (exact) mass is 454 g/mol. The first kappa shape index (κ1) is 20.9. The molecule has 0 saturated heterocycles. The highest BCUT2D eigenvalue weighted by atomic mass is 19.1. The summed E-state index contributed by atoms with van der Waals surface area (Å²) in [5.41, 5.74) is 6.48. The zero-order chi connectivity index (χ0) is 22.9. The van der Waals surface area contributed by atoms with E-state index in [9.17, 15) is 13.6 Å². The highest BCUT2D eigenvalue weighted by molar-refractivity contribution is 6.04. The van der Waals surface area contributed by atoms with Crippen molar-refractivity contribution in [1.29, 1.82) is 0 Å². The molecule has 0 bridgehead atoms. The Morgan fingerprint density at radius 3 is 2.76 bits per heavy atom. The molecule has 33 heavy (non-hydrogen) atoms. The Bertz CT molecular complexity index is 1280. The van der Waals surface area contributed by atoms with Gasteiger partial charge in [-0.1, -0.05) is 0 Å². The zero-order valence-electron chi connectivity index (χ0n) is 17.3. The fraction of sp³-hybridized carbons (Fsp3) is 0.286. The highest BCUT2D eigenvalue weighted by Gasteiger charge is 2.26. The maximum absolute atomic E-state index is 14.5. The first-order valence-electron chi connectivity index (χ1n) is 10.4. The molecule has 4 aromatic rings. The molecule has 0 unspecified atom stereocenters. The Morgan fingerprint density at radius 2 is 2.00 bits per heavy atom. The molecule has 4 aromatic heterocycles. The quantitative estimate of drug-likeness (QED) is 0.393. The van der Waals surface area contributed by atoms with E-state index in [1.807, 2.05) is 0 Å². The summed E-state index contributed by atoms with van der Waals surface area (Å²) in [5, 5.41) is 13.6. The van der Waals surface area contributed by atoms with Crippen molar-refractivity contribution in [2.75, 3.05) is 5.32 Å². The molecule has 4 N–H and O–H groups in total. The van der Waals surface area contributed by atoms with Gasteiger partial charge in [0.15, 0.2) is 11.5 Å². The maximum atomic E-state index is 14.5. The molecular formula is C21H20F2N8O2. The van der Waals surface area contributed by atoms with Crippen molar-refractivity contribution in [3.8, 4) is 22.8 Å². The molecule has 1 aliphatic carbocycles. The van der Waals surface area contributed by atoms with Crippen LogP contribution in [0, 0.1) is 11.8 Å². The summed E-state index contributed by atoms with van der Waals surface area (Å²) in [6, 6.07) is 2.04. The van der Waals surface area contributed by atoms with Gasteiger partial charge in [0.1, 0.15) is 17.7 Å². The molecule has 4 heterocycles. The molecular weight excluding hydrogens is 434 g/mol. The first-order valence-corrected chi connectivity index (χ1v) is 10.4. The van der Waals surface area contributed by atoms with E-state index in [1.165, 1.54) is 12.5 Å². The van der Waals surface area contributed by atoms with Crippen LogP contribution < -0.4 is 11.1 Å². The van der Waals surface area contributed by atoms with Crippen LogP contribution in [0.4, 0.5) is 14.5 Å². The van der Waals surface area contributed by atoms with Crippen LogP contribution in [0.5, 0.6) is 0 Å². The maximum Gasteiger partial charge on any atom is 0.277 e. The number of anilines is 1. The average molecular weight is 454 g/mol. The predicted molar refractivity (Wildman–Crippen MR) is 113 cm³/mol. The van der Waals surface area contributed by atoms with Gasteiger partial charge in [0.2, 0.25) is 11.8 Å². The van der Waals surface area contributed by atoms with E-state index in [-0.39, 0.29) is 40.7 Å². The molecule has 0 aromatic carbocycles. The van der Waals surface area contributed by atoms with Gasteiger partial charge in [-0.15, -0.1) is 0 Å². The molecule has 1 amide bonds. The molecule has 0 atom stereocenters. The van der Waals surface area contributed by atoms with E-state index in [0.29, 0.717) is 5.56 Å². The van der Waals surface area contributed by atoms with Crippen LogP contribution in [-0.2, 0) is 0 Å². The smallest absolute Gasteiger partial charge is 0.277 e. The van der Waals surface area contributed by atoms with Crippen molar-refractivity contribution in [3.05, 3.63) is 54.4 Å². The van der Waals surface area contributed by atoms with Gasteiger partial charge >= 0.3 is 0 Å². The van der Waals surface area contributed by atoms with Gasteiger partial charge in [-0.3, -0.25) is 14.6 Å². The molecule has 5 rings (SSSR count). The van der Waals surface area contributed by atoms with Gasteiger partial charge in [0, 0.05) is 18.4 Å². The lowest BCUT2D eigenvalue weighted by atomic mass is 9.92. The summed E-state index contributed by atoms with van der Waals surface area (Å²) in [6.07, 6.45) is 9.09. The number of pyridine rings is 1. The third kappa shape index (κ3) is 4.24. The number of nitrogens with zero attached hydrogens (tertiary/aromatic N) is 5. The number of nitrogens with two attached hydrogens (primary N) is 1. The third-order valence-corrected chi connectivity index (χ3v) is 5.61. The normalized spacial score (nSPS) is 18.4. The summed E-state index contributed by atoms with van der Waals surface area (Å²) >= 11 is 0. The molecule has 1 saturated carbocycles. The molecule has 0 radical (unpaired) electrons. The van der Waals surface area contributed by atoms with E-state index < -0.39 is 17.7 Å². The van der Waals surface area contributed by atoms with Crippen molar-refractivity contribution >= 4 is 11.6 Å². The number of carbonyl (C=O) groups is 1. The minimum Gasteiger partial charge on any atom is -0.444 e. The van der Waals surface area contributed by atoms with Gasteiger partial charge < -0.3 is 15.5 Å². The van der Waals surface area contributed by atoms with Crippen molar-refractivity contribution in [3.63, 3.8) is 0 Å². The number of oxazole rings is 1. The van der Waals surface area contributed by atoms with E-state index in [1.54, 1.807) is 17.1 Å². The van der Waals surface area contributed by atoms with Crippen molar-refractivity contribution in [2.24, 2.45) is 5.73 Å². The Balaban J connectivity index is 1.47. The minimum atomic E-state index is -0.858. The van der Waals surface area contributed by atoms with Crippen molar-refractivity contribution in [1.82, 2.24) is 29.9 Å². The molecule has 170 valence electrons. The van der Waals surface area contributed by atoms with Gasteiger partial charge in [-0.2, -0.15) is 14.6 Å². The fourth-order valence-electron chi connectivity index (χ4n) is 3.86. The number of amides is 1. The number of rotatable bonds is 5. The SMILES string of the molecule is NC1CCC(n2cc(NC(=O)c3coc(-c4cn[nH]c4)n3)c(-c3nc(F)ccc3F)n2)CC1. The van der Waals surface area contributed by atoms with Gasteiger partial charge in [0.05, 0.1) is 23.5 Å². The van der Waals surface area contributed by atoms with Gasteiger partial charge in [-0.25, -0.2) is 14.4 Å². The van der Waals surface area contributed by atoms with Gasteiger partial charge in [-0.05, 0) is 37.8 Å². The number of H-pyrrole nitrogens is 1. The summed E-state index contributed by atoms with van der Waals surface area (Å²) < 4.78 is 35.3. The molecule has 0 aliphatic heterocycles. The molecule has 10 nitrogen and oxygen atoms in total. The first-order chi connectivity index (χ1) is 16.0. The second-order valence-corrected chi connectivity index (χ2v) is 7.88. The number of aromatic nitrogens is 6. The number of nitrogens with one attached hydrogen (secondary N) is 2. The van der Waals surface area contributed by atoms with E-state index >= 15 is 0 Å². The van der Waals surface area contributed by atoms with Crippen LogP contribution >= 0.6 is 0 Å². The number of carbonyl (C=O) groups excluding carboxylic acids is 1. The van der Waals surface area contributed by atoms with E-state index in [4.69, 9.17) is 10.2 Å². The molecule has 0 spiro atoms. The van der Waals surface area contributed by atoms with Crippen LogP contribution in [0.3, 0.4) is 0 Å². The number of halogens is 2. The average Bonchev–Trinajstić information content (AvgIpc) is 3.56. The number of hydrogen-bond acceptors (Lipinski definition) is 7. The zero-order valence-corrected chi connectivity index (χ0v) is 17.3. The van der Waals surface area contributed by atoms with Crippen LogP contribution in [0.2, 0.25) is 0 Å². The number of aromatic amines is 1. The lowest BCUT2D eigenvalue weighted by molar-refractivity contribution is 0.102. The van der Waals surface area contributed by atoms with E-state index in [2.05, 4.69) is 30.6 Å². The van der Waals surface area contributed by atoms with Crippen molar-refractivity contribution in [2.45, 2.75) is 37.8 Å². The fourth-order valence-corrected chi connectivity index (χ4v) is 3.86. The largest absolute Gasteiger partial charge is 0.444 e. The lowest BCUT2D eigenvalue weighted by Crippen LogP contribution is -2.28. The van der Waals surface area contributed by atoms with Crippen LogP contribution in [-0.4, -0.2) is 41.9 Å². The molecule has 12 heteroatoms. The molecule has 1 fully saturated rings. The minimum absolute atomic E-state index is 0.00112. The Kier molecular flexibility index (Phi) is 5.42. The van der Waals surface area contributed by atoms with Crippen LogP contribution in [0.25, 0.3) is 22.8 Å². The standard InChI is InChI=1S/C21H20F2N8O2/c22-14-5-6-17(23)29-18(14)19-15(9-31(30-19)13-3-1-12(24)2-4-13)27-20(32)16-10-33-21(28-16)11-7-25-26-8-11/h5-10,12-13H,1-4,24H2,(H,25,26)(H,27,32). The van der Waals surface area contributed by atoms with Crippen LogP contribution in [0.1, 0.15) is 42.2 Å². The van der Waals surface area contributed by atoms with Crippen molar-refractivity contribution < 1.29 is 18.0 Å². The highest BCUT2D eigenvalue weighted by Crippen LogP contribution is 2.33. The lowest BCUT2D eigenvalue weighted by Gasteiger charge is -2.26. The Morgan fingerprint density at radius 1 is 1.18 bits per heavy atom. The second-order valence-electron chi connectivity index (χ2n) is 7.88. The Hall–Kier alpha value is -3.93. The summed E-state index contributed by atoms with van der Waals surface area (Å²) in [5.74, 6) is -2.01. The summed E-state index contributed by atoms with van der Waals surface area (Å²) in [4.78, 5) is 20.7. The predicted octanol–water partition coefficient (Wildman–Crippen LogP) is 3.30. The molecule has 1 aliphatic rings. The number of hydrogen-bond donors (Lipinski definition) is 3.